The highest BCUT2D eigenvalue weighted by molar-refractivity contribution is 5.92. The molecule has 3 nitrogen and oxygen atoms in total. The maximum Gasteiger partial charge on any atom is 0.290 e. The largest absolute Gasteiger partial charge is 0.459 e. The van der Waals surface area contributed by atoms with Gasteiger partial charge in [0.05, 0.1) is 6.26 Å². The lowest BCUT2D eigenvalue weighted by molar-refractivity contribution is 0.0601. The number of carbonyl (C=O) groups is 1. The van der Waals surface area contributed by atoms with Crippen LogP contribution in [0, 0.1) is 5.92 Å². The highest BCUT2D eigenvalue weighted by Crippen LogP contribution is 2.40. The molecular formula is C14H19NO2. The number of amides is 1. The van der Waals surface area contributed by atoms with Crippen LogP contribution in [0.1, 0.15) is 49.6 Å². The Morgan fingerprint density at radius 1 is 1.41 bits per heavy atom. The number of hydrogen-bond donors (Lipinski definition) is 0. The van der Waals surface area contributed by atoms with E-state index in [9.17, 15) is 4.79 Å². The fourth-order valence-electron chi connectivity index (χ4n) is 3.59. The van der Waals surface area contributed by atoms with Crippen molar-refractivity contribution in [1.82, 2.24) is 4.90 Å². The number of nitrogens with zero attached hydrogens (tertiary/aromatic N) is 1. The maximum atomic E-state index is 12.4. The van der Waals surface area contributed by atoms with Crippen molar-refractivity contribution in [3.63, 3.8) is 0 Å². The first-order chi connectivity index (χ1) is 8.27. The molecule has 92 valence electrons. The van der Waals surface area contributed by atoms with Gasteiger partial charge in [0.2, 0.25) is 0 Å². The summed E-state index contributed by atoms with van der Waals surface area (Å²) < 4.78 is 5.24. The molecule has 0 bridgehead atoms. The Morgan fingerprint density at radius 2 is 2.24 bits per heavy atom. The summed E-state index contributed by atoms with van der Waals surface area (Å²) in [5, 5.41) is 0. The second-order valence-corrected chi connectivity index (χ2v) is 5.39. The summed E-state index contributed by atoms with van der Waals surface area (Å²) in [7, 11) is 0. The lowest BCUT2D eigenvalue weighted by Gasteiger charge is -2.32. The quantitative estimate of drug-likeness (QED) is 0.747. The van der Waals surface area contributed by atoms with E-state index in [1.54, 1.807) is 18.4 Å². The first-order valence-electron chi connectivity index (χ1n) is 6.63. The maximum absolute atomic E-state index is 12.4. The van der Waals surface area contributed by atoms with Gasteiger partial charge in [-0.05, 0) is 44.2 Å². The SMILES string of the molecule is CC1CC2CCCCC2N1C(=O)c1ccco1. The van der Waals surface area contributed by atoms with E-state index < -0.39 is 0 Å². The summed E-state index contributed by atoms with van der Waals surface area (Å²) in [4.78, 5) is 14.5. The molecule has 0 aromatic carbocycles. The Hall–Kier alpha value is -1.25. The number of likely N-dealkylation sites (tertiary alicyclic amines) is 1. The standard InChI is InChI=1S/C14H19NO2/c1-10-9-11-5-2-3-6-12(11)15(10)14(16)13-7-4-8-17-13/h4,7-8,10-12H,2-3,5-6,9H2,1H3. The zero-order valence-corrected chi connectivity index (χ0v) is 10.3. The Kier molecular flexibility index (Phi) is 2.69. The van der Waals surface area contributed by atoms with E-state index in [0.717, 1.165) is 12.3 Å². The molecule has 1 saturated heterocycles. The van der Waals surface area contributed by atoms with Gasteiger partial charge in [-0.1, -0.05) is 12.8 Å². The monoisotopic (exact) mass is 233 g/mol. The molecule has 3 unspecified atom stereocenters. The van der Waals surface area contributed by atoms with Crippen LogP contribution in [-0.2, 0) is 0 Å². The molecule has 3 heteroatoms. The zero-order chi connectivity index (χ0) is 11.8. The fraction of sp³-hybridized carbons (Fsp3) is 0.643. The number of fused-ring (bicyclic) bond motifs is 1. The molecular weight excluding hydrogens is 214 g/mol. The molecule has 0 spiro atoms. The van der Waals surface area contributed by atoms with Gasteiger partial charge >= 0.3 is 0 Å². The zero-order valence-electron chi connectivity index (χ0n) is 10.3. The third-order valence-electron chi connectivity index (χ3n) is 4.31. The second kappa shape index (κ2) is 4.21. The van der Waals surface area contributed by atoms with E-state index in [4.69, 9.17) is 4.42 Å². The summed E-state index contributed by atoms with van der Waals surface area (Å²) in [6.45, 7) is 2.17. The van der Waals surface area contributed by atoms with Crippen molar-refractivity contribution in [3.8, 4) is 0 Å². The molecule has 2 aliphatic rings. The lowest BCUT2D eigenvalue weighted by Crippen LogP contribution is -2.42. The van der Waals surface area contributed by atoms with Crippen LogP contribution in [-0.4, -0.2) is 22.9 Å². The van der Waals surface area contributed by atoms with E-state index in [-0.39, 0.29) is 5.91 Å². The molecule has 1 aromatic heterocycles. The third-order valence-corrected chi connectivity index (χ3v) is 4.31. The number of carbonyl (C=O) groups excluding carboxylic acids is 1. The van der Waals surface area contributed by atoms with Gasteiger partial charge in [0.15, 0.2) is 5.76 Å². The number of furan rings is 1. The first-order valence-corrected chi connectivity index (χ1v) is 6.63. The molecule has 0 N–H and O–H groups in total. The molecule has 1 aliphatic carbocycles. The smallest absolute Gasteiger partial charge is 0.290 e. The lowest BCUT2D eigenvalue weighted by atomic mass is 9.85. The van der Waals surface area contributed by atoms with E-state index in [1.807, 2.05) is 0 Å². The Balaban J connectivity index is 1.84. The first kappa shape index (κ1) is 10.9. The van der Waals surface area contributed by atoms with Gasteiger partial charge in [0, 0.05) is 12.1 Å². The predicted molar refractivity (Wildman–Crippen MR) is 64.7 cm³/mol. The van der Waals surface area contributed by atoms with E-state index >= 15 is 0 Å². The molecule has 1 aromatic rings. The van der Waals surface area contributed by atoms with Gasteiger partial charge in [-0.25, -0.2) is 0 Å². The van der Waals surface area contributed by atoms with E-state index in [2.05, 4.69) is 11.8 Å². The van der Waals surface area contributed by atoms with Crippen molar-refractivity contribution in [1.29, 1.82) is 0 Å². The summed E-state index contributed by atoms with van der Waals surface area (Å²) in [6.07, 6.45) is 7.79. The normalized spacial score (nSPS) is 32.5. The van der Waals surface area contributed by atoms with Crippen molar-refractivity contribution in [3.05, 3.63) is 24.2 Å². The van der Waals surface area contributed by atoms with E-state index in [1.165, 1.54) is 25.7 Å². The number of rotatable bonds is 1. The molecule has 3 rings (SSSR count). The Bertz CT molecular complexity index is 398. The van der Waals surface area contributed by atoms with Crippen LogP contribution >= 0.6 is 0 Å². The van der Waals surface area contributed by atoms with Gasteiger partial charge in [-0.15, -0.1) is 0 Å². The van der Waals surface area contributed by atoms with Gasteiger partial charge in [0.25, 0.3) is 5.91 Å². The van der Waals surface area contributed by atoms with Crippen LogP contribution < -0.4 is 0 Å². The van der Waals surface area contributed by atoms with Crippen LogP contribution in [0.2, 0.25) is 0 Å². The highest BCUT2D eigenvalue weighted by Gasteiger charge is 2.43. The summed E-state index contributed by atoms with van der Waals surface area (Å²) in [6, 6.07) is 4.37. The van der Waals surface area contributed by atoms with Gasteiger partial charge in [0.1, 0.15) is 0 Å². The Morgan fingerprint density at radius 3 is 3.00 bits per heavy atom. The van der Waals surface area contributed by atoms with Crippen LogP contribution in [0.5, 0.6) is 0 Å². The van der Waals surface area contributed by atoms with Crippen molar-refractivity contribution in [2.24, 2.45) is 5.92 Å². The van der Waals surface area contributed by atoms with Crippen molar-refractivity contribution >= 4 is 5.91 Å². The topological polar surface area (TPSA) is 33.5 Å². The molecule has 1 amide bonds. The van der Waals surface area contributed by atoms with Crippen molar-refractivity contribution in [2.45, 2.75) is 51.1 Å². The molecule has 0 radical (unpaired) electrons. The highest BCUT2D eigenvalue weighted by atomic mass is 16.3. The number of hydrogen-bond acceptors (Lipinski definition) is 2. The molecule has 2 heterocycles. The molecule has 1 saturated carbocycles. The minimum atomic E-state index is 0.0805. The van der Waals surface area contributed by atoms with Crippen LogP contribution in [0.25, 0.3) is 0 Å². The minimum absolute atomic E-state index is 0.0805. The van der Waals surface area contributed by atoms with Gasteiger partial charge in [-0.2, -0.15) is 0 Å². The van der Waals surface area contributed by atoms with Crippen molar-refractivity contribution in [2.75, 3.05) is 0 Å². The predicted octanol–water partition coefficient (Wildman–Crippen LogP) is 3.07. The van der Waals surface area contributed by atoms with E-state index in [0.29, 0.717) is 17.8 Å². The average Bonchev–Trinajstić information content (AvgIpc) is 2.94. The summed E-state index contributed by atoms with van der Waals surface area (Å²) in [5.74, 6) is 1.29. The third kappa shape index (κ3) is 1.78. The van der Waals surface area contributed by atoms with Gasteiger partial charge < -0.3 is 9.32 Å². The molecule has 2 fully saturated rings. The second-order valence-electron chi connectivity index (χ2n) is 5.39. The van der Waals surface area contributed by atoms with Crippen LogP contribution in [0.4, 0.5) is 0 Å². The summed E-state index contributed by atoms with van der Waals surface area (Å²) in [5.41, 5.74) is 0. The van der Waals surface area contributed by atoms with Crippen LogP contribution in [0.15, 0.2) is 22.8 Å². The van der Waals surface area contributed by atoms with Gasteiger partial charge in [-0.3, -0.25) is 4.79 Å². The fourth-order valence-corrected chi connectivity index (χ4v) is 3.59. The average molecular weight is 233 g/mol. The summed E-state index contributed by atoms with van der Waals surface area (Å²) >= 11 is 0. The molecule has 3 atom stereocenters. The van der Waals surface area contributed by atoms with Crippen LogP contribution in [0.3, 0.4) is 0 Å². The molecule has 1 aliphatic heterocycles. The Labute approximate surface area is 102 Å². The minimum Gasteiger partial charge on any atom is -0.459 e. The van der Waals surface area contributed by atoms with Crippen molar-refractivity contribution < 1.29 is 9.21 Å². The molecule has 17 heavy (non-hydrogen) atoms.